The first kappa shape index (κ1) is 28.4. The Balaban J connectivity index is 0.00000392. The second kappa shape index (κ2) is 11.7. The third-order valence-corrected chi connectivity index (χ3v) is 4.71. The predicted molar refractivity (Wildman–Crippen MR) is 89.6 cm³/mol. The molecule has 0 amide bonds. The Morgan fingerprint density at radius 2 is 1.66 bits per heavy atom. The van der Waals surface area contributed by atoms with Gasteiger partial charge in [-0.1, -0.05) is 0 Å². The predicted octanol–water partition coefficient (Wildman–Crippen LogP) is -7.19. The van der Waals surface area contributed by atoms with Gasteiger partial charge in [0, 0.05) is 13.1 Å². The minimum Gasteiger partial charge on any atom is -0.744 e. The fraction of sp³-hybridized carbons (Fsp3) is 0.250. The number of anilines is 3. The van der Waals surface area contributed by atoms with Gasteiger partial charge in [0.15, 0.2) is 0 Å². The minimum absolute atomic E-state index is 0. The van der Waals surface area contributed by atoms with Crippen molar-refractivity contribution in [2.45, 2.75) is 9.79 Å². The van der Waals surface area contributed by atoms with Crippen molar-refractivity contribution in [3.63, 3.8) is 0 Å². The Kier molecular flexibility index (Phi) is 11.5. The number of nitrogens with one attached hydrogen (secondary N) is 2. The van der Waals surface area contributed by atoms with Crippen molar-refractivity contribution in [2.24, 2.45) is 5.73 Å². The molecule has 0 atom stereocenters. The molecule has 17 heteroatoms. The van der Waals surface area contributed by atoms with Crippen LogP contribution in [0.25, 0.3) is 0 Å². The fourth-order valence-corrected chi connectivity index (χ4v) is 2.98. The molecule has 4 N–H and O–H groups in total. The molecule has 0 spiro atoms. The summed E-state index contributed by atoms with van der Waals surface area (Å²) in [7, 11) is -8.64. The number of ether oxygens (including phenoxy) is 1. The molecular weight excluding hydrogens is 450 g/mol. The van der Waals surface area contributed by atoms with Crippen molar-refractivity contribution >= 4 is 37.8 Å². The minimum atomic E-state index is -5.00. The third kappa shape index (κ3) is 8.22. The molecule has 0 bridgehead atoms. The van der Waals surface area contributed by atoms with Gasteiger partial charge in [0.05, 0.1) is 22.6 Å². The molecule has 148 valence electrons. The zero-order chi connectivity index (χ0) is 20.2. The van der Waals surface area contributed by atoms with Crippen molar-refractivity contribution in [3.8, 4) is 6.01 Å². The Labute approximate surface area is 211 Å². The van der Waals surface area contributed by atoms with E-state index in [1.165, 1.54) is 7.11 Å². The molecule has 2 aromatic rings. The number of hydrogen-bond acceptors (Lipinski definition) is 13. The topological polar surface area (TPSA) is 212 Å². The van der Waals surface area contributed by atoms with E-state index in [-0.39, 0.29) is 83.6 Å². The standard InChI is InChI=1S/C12H16N6O7S2.2Na/c1-25-12-17-10(14-5-4-13)16-11(18-12)15-8-6-7(26(19,20)21)2-3-9(8)27(22,23)24;;/h2-3,6H,4-5,13H2,1H3,(H,19,20,21)(H,22,23,24)(H2,14,15,16,17,18);;/q;2*+1/p-2. The quantitative estimate of drug-likeness (QED) is 0.245. The van der Waals surface area contributed by atoms with Crippen LogP contribution in [0.3, 0.4) is 0 Å². The average molecular weight is 464 g/mol. The van der Waals surface area contributed by atoms with E-state index in [2.05, 4.69) is 25.6 Å². The van der Waals surface area contributed by atoms with Gasteiger partial charge in [-0.2, -0.15) is 15.0 Å². The summed E-state index contributed by atoms with van der Waals surface area (Å²) < 4.78 is 72.6. The van der Waals surface area contributed by atoms with Gasteiger partial charge in [-0.25, -0.2) is 16.8 Å². The molecule has 0 aliphatic rings. The molecule has 0 saturated carbocycles. The summed E-state index contributed by atoms with van der Waals surface area (Å²) >= 11 is 0. The summed E-state index contributed by atoms with van der Waals surface area (Å²) in [6.07, 6.45) is 0. The number of rotatable bonds is 8. The van der Waals surface area contributed by atoms with Crippen LogP contribution >= 0.6 is 0 Å². The second-order valence-electron chi connectivity index (χ2n) is 4.88. The summed E-state index contributed by atoms with van der Waals surface area (Å²) in [6.45, 7) is 0.565. The smallest absolute Gasteiger partial charge is 0.744 e. The normalized spacial score (nSPS) is 11.0. The van der Waals surface area contributed by atoms with Gasteiger partial charge < -0.3 is 30.2 Å². The average Bonchev–Trinajstić information content (AvgIpc) is 2.58. The SMILES string of the molecule is COc1nc(NCCN)nc(Nc2cc(S(=O)(=O)[O-])ccc2S(=O)(=O)[O-])n1.[Na+].[Na+]. The van der Waals surface area contributed by atoms with Gasteiger partial charge in [-0.05, 0) is 18.2 Å². The monoisotopic (exact) mass is 464 g/mol. The van der Waals surface area contributed by atoms with Crippen LogP contribution in [-0.2, 0) is 20.2 Å². The molecule has 0 aliphatic carbocycles. The first-order chi connectivity index (χ1) is 12.5. The second-order valence-corrected chi connectivity index (χ2v) is 7.60. The van der Waals surface area contributed by atoms with Gasteiger partial charge >= 0.3 is 65.1 Å². The van der Waals surface area contributed by atoms with Crippen molar-refractivity contribution in [1.29, 1.82) is 0 Å². The molecule has 1 heterocycles. The van der Waals surface area contributed by atoms with Crippen molar-refractivity contribution < 1.29 is 89.8 Å². The molecule has 1 aromatic heterocycles. The number of benzene rings is 1. The first-order valence-electron chi connectivity index (χ1n) is 7.11. The van der Waals surface area contributed by atoms with Gasteiger partial charge in [0.1, 0.15) is 20.2 Å². The van der Waals surface area contributed by atoms with Gasteiger partial charge in [-0.3, -0.25) is 0 Å². The fourth-order valence-electron chi connectivity index (χ4n) is 1.87. The van der Waals surface area contributed by atoms with Gasteiger partial charge in [0.2, 0.25) is 11.9 Å². The van der Waals surface area contributed by atoms with Crippen LogP contribution in [0.5, 0.6) is 6.01 Å². The summed E-state index contributed by atoms with van der Waals surface area (Å²) in [5, 5.41) is 5.13. The maximum atomic E-state index is 11.4. The maximum Gasteiger partial charge on any atom is 1.00 e. The Morgan fingerprint density at radius 3 is 2.17 bits per heavy atom. The van der Waals surface area contributed by atoms with Gasteiger partial charge in [0.25, 0.3) is 0 Å². The number of aromatic nitrogens is 3. The Morgan fingerprint density at radius 1 is 1.03 bits per heavy atom. The van der Waals surface area contributed by atoms with Crippen LogP contribution in [0.4, 0.5) is 17.6 Å². The molecule has 29 heavy (non-hydrogen) atoms. The Hall–Kier alpha value is -0.590. The van der Waals surface area contributed by atoms with Crippen LogP contribution in [0.2, 0.25) is 0 Å². The number of nitrogens with two attached hydrogens (primary N) is 1. The van der Waals surface area contributed by atoms with E-state index in [1.54, 1.807) is 0 Å². The first-order valence-corrected chi connectivity index (χ1v) is 9.93. The molecular formula is C12H14N6Na2O7S2. The summed E-state index contributed by atoms with van der Waals surface area (Å²) in [6, 6.07) is 1.93. The zero-order valence-electron chi connectivity index (χ0n) is 15.7. The van der Waals surface area contributed by atoms with E-state index in [0.717, 1.165) is 0 Å². The molecule has 0 unspecified atom stereocenters. The van der Waals surface area contributed by atoms with Crippen molar-refractivity contribution in [3.05, 3.63) is 18.2 Å². The molecule has 1 aromatic carbocycles. The van der Waals surface area contributed by atoms with Crippen LogP contribution in [0, 0.1) is 0 Å². The number of hydrogen-bond donors (Lipinski definition) is 3. The van der Waals surface area contributed by atoms with E-state index < -0.39 is 35.7 Å². The number of nitrogens with zero attached hydrogens (tertiary/aromatic N) is 3. The zero-order valence-corrected chi connectivity index (χ0v) is 21.4. The largest absolute Gasteiger partial charge is 1.00 e. The molecule has 0 fully saturated rings. The molecule has 0 aliphatic heterocycles. The summed E-state index contributed by atoms with van der Waals surface area (Å²) in [4.78, 5) is 10.1. The van der Waals surface area contributed by atoms with Crippen LogP contribution < -0.4 is 80.2 Å². The van der Waals surface area contributed by atoms with Crippen LogP contribution in [0.15, 0.2) is 28.0 Å². The molecule has 2 rings (SSSR count). The Bertz CT molecular complexity index is 1050. The summed E-state index contributed by atoms with van der Waals surface area (Å²) in [5.74, 6) is -0.249. The number of methoxy groups -OCH3 is 1. The molecule has 13 nitrogen and oxygen atoms in total. The van der Waals surface area contributed by atoms with Gasteiger partial charge in [-0.15, -0.1) is 0 Å². The third-order valence-electron chi connectivity index (χ3n) is 2.98. The van der Waals surface area contributed by atoms with E-state index in [1.807, 2.05) is 0 Å². The maximum absolute atomic E-state index is 11.4. The summed E-state index contributed by atoms with van der Waals surface area (Å²) in [5.41, 5.74) is 4.87. The molecule has 0 saturated heterocycles. The van der Waals surface area contributed by atoms with E-state index in [4.69, 9.17) is 10.5 Å². The van der Waals surface area contributed by atoms with Crippen molar-refractivity contribution in [2.75, 3.05) is 30.8 Å². The van der Waals surface area contributed by atoms with Crippen molar-refractivity contribution in [1.82, 2.24) is 15.0 Å². The van der Waals surface area contributed by atoms with E-state index in [9.17, 15) is 25.9 Å². The van der Waals surface area contributed by atoms with E-state index >= 15 is 0 Å². The van der Waals surface area contributed by atoms with E-state index in [0.29, 0.717) is 24.7 Å². The van der Waals surface area contributed by atoms with Crippen LogP contribution in [-0.4, -0.2) is 61.1 Å². The molecule has 0 radical (unpaired) electrons. The van der Waals surface area contributed by atoms with Crippen LogP contribution in [0.1, 0.15) is 0 Å².